The number of nitrogens with one attached hydrogen (secondary N) is 4. The molecule has 2 aromatic carbocycles. The number of rotatable bonds is 15. The zero-order chi connectivity index (χ0) is 26.5. The molecular formula is C29H36N4O4. The molecule has 4 N–H and O–H groups in total. The lowest BCUT2D eigenvalue weighted by Gasteiger charge is -2.19. The third-order valence-electron chi connectivity index (χ3n) is 6.31. The van der Waals surface area contributed by atoms with Gasteiger partial charge < -0.3 is 20.9 Å². The SMILES string of the molecule is CCC(=O)CCCCC[C@H](NC(=O)CNC(=O)c1ccccc1)C(=O)NCCc1c[nH]c2ccccc12. The van der Waals surface area contributed by atoms with Crippen LogP contribution in [0.25, 0.3) is 10.9 Å². The zero-order valence-corrected chi connectivity index (χ0v) is 21.3. The molecular weight excluding hydrogens is 468 g/mol. The first-order valence-corrected chi connectivity index (χ1v) is 12.9. The lowest BCUT2D eigenvalue weighted by atomic mass is 10.0. The Morgan fingerprint density at radius 2 is 1.65 bits per heavy atom. The molecule has 1 atom stereocenters. The quantitative estimate of drug-likeness (QED) is 0.236. The van der Waals surface area contributed by atoms with Gasteiger partial charge in [-0.2, -0.15) is 0 Å². The standard InChI is InChI=1S/C29H36N4O4/c1-2-23(34)13-7-4-8-16-26(33-27(35)20-32-28(36)21-11-5-3-6-12-21)29(37)30-18-17-22-19-31-25-15-10-9-14-24(22)25/h3,5-6,9-12,14-15,19,26,31H,2,4,7-8,13,16-18,20H2,1H3,(H,30,37)(H,32,36)(H,33,35)/t26-/m0/s1. The number of carbonyl (C=O) groups excluding carboxylic acids is 4. The largest absolute Gasteiger partial charge is 0.361 e. The second kappa shape index (κ2) is 14.6. The summed E-state index contributed by atoms with van der Waals surface area (Å²) in [6.45, 7) is 2.06. The molecule has 0 aliphatic heterocycles. The molecule has 0 radical (unpaired) electrons. The smallest absolute Gasteiger partial charge is 0.251 e. The van der Waals surface area contributed by atoms with Crippen molar-refractivity contribution >= 4 is 34.4 Å². The lowest BCUT2D eigenvalue weighted by molar-refractivity contribution is -0.128. The summed E-state index contributed by atoms with van der Waals surface area (Å²) in [5, 5.41) is 9.43. The summed E-state index contributed by atoms with van der Waals surface area (Å²) in [6.07, 6.45) is 6.40. The normalized spacial score (nSPS) is 11.6. The van der Waals surface area contributed by atoms with Crippen molar-refractivity contribution < 1.29 is 19.2 Å². The number of carbonyl (C=O) groups is 4. The van der Waals surface area contributed by atoms with Gasteiger partial charge in [-0.15, -0.1) is 0 Å². The molecule has 0 aliphatic rings. The predicted octanol–water partition coefficient (Wildman–Crippen LogP) is 3.67. The van der Waals surface area contributed by atoms with Crippen LogP contribution < -0.4 is 16.0 Å². The Kier molecular flexibility index (Phi) is 10.9. The number of amides is 3. The molecule has 0 saturated heterocycles. The molecule has 0 spiro atoms. The lowest BCUT2D eigenvalue weighted by Crippen LogP contribution is -2.49. The Balaban J connectivity index is 1.51. The average Bonchev–Trinajstić information content (AvgIpc) is 3.34. The van der Waals surface area contributed by atoms with E-state index in [0.717, 1.165) is 29.3 Å². The van der Waals surface area contributed by atoms with Crippen molar-refractivity contribution in [3.8, 4) is 0 Å². The van der Waals surface area contributed by atoms with Crippen molar-refractivity contribution in [1.82, 2.24) is 20.9 Å². The molecule has 3 amide bonds. The van der Waals surface area contributed by atoms with Crippen LogP contribution in [0.5, 0.6) is 0 Å². The minimum Gasteiger partial charge on any atom is -0.361 e. The highest BCUT2D eigenvalue weighted by atomic mass is 16.2. The van der Waals surface area contributed by atoms with Crippen LogP contribution in [-0.4, -0.2) is 47.6 Å². The molecule has 1 aromatic heterocycles. The molecule has 0 aliphatic carbocycles. The van der Waals surface area contributed by atoms with E-state index < -0.39 is 11.9 Å². The summed E-state index contributed by atoms with van der Waals surface area (Å²) < 4.78 is 0. The highest BCUT2D eigenvalue weighted by Crippen LogP contribution is 2.17. The second-order valence-electron chi connectivity index (χ2n) is 9.06. The van der Waals surface area contributed by atoms with E-state index in [4.69, 9.17) is 0 Å². The van der Waals surface area contributed by atoms with Crippen molar-refractivity contribution in [2.75, 3.05) is 13.1 Å². The number of H-pyrrole nitrogens is 1. The molecule has 8 nitrogen and oxygen atoms in total. The van der Waals surface area contributed by atoms with E-state index in [-0.39, 0.29) is 24.1 Å². The van der Waals surface area contributed by atoms with Crippen LogP contribution in [0.3, 0.4) is 0 Å². The van der Waals surface area contributed by atoms with E-state index in [1.165, 1.54) is 0 Å². The summed E-state index contributed by atoms with van der Waals surface area (Å²) in [6, 6.07) is 15.9. The Labute approximate surface area is 217 Å². The molecule has 196 valence electrons. The summed E-state index contributed by atoms with van der Waals surface area (Å²) in [5.41, 5.74) is 2.62. The Hall–Kier alpha value is -3.94. The minimum absolute atomic E-state index is 0.224. The number of unbranched alkanes of at least 4 members (excludes halogenated alkanes) is 2. The number of benzene rings is 2. The Morgan fingerprint density at radius 3 is 2.43 bits per heavy atom. The van der Waals surface area contributed by atoms with Crippen molar-refractivity contribution in [2.45, 2.75) is 57.9 Å². The molecule has 1 heterocycles. The molecule has 0 saturated carbocycles. The van der Waals surface area contributed by atoms with E-state index in [9.17, 15) is 19.2 Å². The number of ketones is 1. The summed E-state index contributed by atoms with van der Waals surface area (Å²) in [7, 11) is 0. The third kappa shape index (κ3) is 8.90. The van der Waals surface area contributed by atoms with E-state index in [1.54, 1.807) is 24.3 Å². The highest BCUT2D eigenvalue weighted by Gasteiger charge is 2.21. The molecule has 3 rings (SSSR count). The van der Waals surface area contributed by atoms with Gasteiger partial charge in [0, 0.05) is 42.0 Å². The van der Waals surface area contributed by atoms with Crippen LogP contribution in [0.15, 0.2) is 60.8 Å². The number of aromatic amines is 1. The van der Waals surface area contributed by atoms with Gasteiger partial charge in [0.25, 0.3) is 5.91 Å². The van der Waals surface area contributed by atoms with Gasteiger partial charge in [0.1, 0.15) is 11.8 Å². The maximum atomic E-state index is 13.0. The molecule has 8 heteroatoms. The van der Waals surface area contributed by atoms with Gasteiger partial charge in [0.05, 0.1) is 6.54 Å². The first kappa shape index (κ1) is 27.6. The van der Waals surface area contributed by atoms with E-state index >= 15 is 0 Å². The first-order valence-electron chi connectivity index (χ1n) is 12.9. The van der Waals surface area contributed by atoms with Crippen LogP contribution in [0.2, 0.25) is 0 Å². The van der Waals surface area contributed by atoms with E-state index in [2.05, 4.69) is 20.9 Å². The van der Waals surface area contributed by atoms with E-state index in [0.29, 0.717) is 44.2 Å². The van der Waals surface area contributed by atoms with Gasteiger partial charge >= 0.3 is 0 Å². The van der Waals surface area contributed by atoms with Gasteiger partial charge in [-0.3, -0.25) is 19.2 Å². The van der Waals surface area contributed by atoms with Crippen LogP contribution in [0.4, 0.5) is 0 Å². The van der Waals surface area contributed by atoms with Crippen molar-refractivity contribution in [3.05, 3.63) is 71.9 Å². The van der Waals surface area contributed by atoms with Crippen LogP contribution in [0.1, 0.15) is 61.4 Å². The van der Waals surface area contributed by atoms with Crippen LogP contribution >= 0.6 is 0 Å². The molecule has 0 bridgehead atoms. The molecule has 37 heavy (non-hydrogen) atoms. The fourth-order valence-electron chi connectivity index (χ4n) is 4.17. The summed E-state index contributed by atoms with van der Waals surface area (Å²) in [5.74, 6) is -0.806. The molecule has 0 unspecified atom stereocenters. The molecule has 3 aromatic rings. The number of hydrogen-bond donors (Lipinski definition) is 4. The third-order valence-corrected chi connectivity index (χ3v) is 6.31. The molecule has 0 fully saturated rings. The van der Waals surface area contributed by atoms with Gasteiger partial charge in [0.2, 0.25) is 11.8 Å². The number of hydrogen-bond acceptors (Lipinski definition) is 4. The maximum absolute atomic E-state index is 13.0. The zero-order valence-electron chi connectivity index (χ0n) is 21.3. The Morgan fingerprint density at radius 1 is 0.892 bits per heavy atom. The van der Waals surface area contributed by atoms with Crippen molar-refractivity contribution in [3.63, 3.8) is 0 Å². The first-order chi connectivity index (χ1) is 18.0. The summed E-state index contributed by atoms with van der Waals surface area (Å²) in [4.78, 5) is 52.5. The van der Waals surface area contributed by atoms with Crippen molar-refractivity contribution in [2.24, 2.45) is 0 Å². The van der Waals surface area contributed by atoms with E-state index in [1.807, 2.05) is 43.5 Å². The second-order valence-corrected chi connectivity index (χ2v) is 9.06. The van der Waals surface area contributed by atoms with Gasteiger partial charge in [-0.25, -0.2) is 0 Å². The highest BCUT2D eigenvalue weighted by molar-refractivity contribution is 5.97. The number of para-hydroxylation sites is 1. The minimum atomic E-state index is -0.717. The van der Waals surface area contributed by atoms with Gasteiger partial charge in [0.15, 0.2) is 0 Å². The van der Waals surface area contributed by atoms with Gasteiger partial charge in [-0.1, -0.05) is 56.2 Å². The fourth-order valence-corrected chi connectivity index (χ4v) is 4.17. The Bertz CT molecular complexity index is 1190. The maximum Gasteiger partial charge on any atom is 0.251 e. The number of fused-ring (bicyclic) bond motifs is 1. The van der Waals surface area contributed by atoms with Gasteiger partial charge in [-0.05, 0) is 43.0 Å². The monoisotopic (exact) mass is 504 g/mol. The van der Waals surface area contributed by atoms with Crippen LogP contribution in [-0.2, 0) is 20.8 Å². The summed E-state index contributed by atoms with van der Waals surface area (Å²) >= 11 is 0. The topological polar surface area (TPSA) is 120 Å². The average molecular weight is 505 g/mol. The van der Waals surface area contributed by atoms with Crippen molar-refractivity contribution in [1.29, 1.82) is 0 Å². The predicted molar refractivity (Wildman–Crippen MR) is 144 cm³/mol. The fraction of sp³-hybridized carbons (Fsp3) is 0.379. The van der Waals surface area contributed by atoms with Crippen LogP contribution in [0, 0.1) is 0 Å². The number of Topliss-reactive ketones (excluding diaryl/α,β-unsaturated/α-hetero) is 1. The number of aromatic nitrogens is 1.